The Balaban J connectivity index is 1.68. The summed E-state index contributed by atoms with van der Waals surface area (Å²) in [4.78, 5) is 11.3. The third-order valence-corrected chi connectivity index (χ3v) is 8.04. The van der Waals surface area contributed by atoms with Gasteiger partial charge in [0, 0.05) is 5.56 Å². The number of rotatable bonds is 11. The number of ether oxygens (including phenoxy) is 1. The van der Waals surface area contributed by atoms with Crippen LogP contribution < -0.4 is 10.1 Å². The third kappa shape index (κ3) is 6.30. The molecule has 0 radical (unpaired) electrons. The average Bonchev–Trinajstić information content (AvgIpc) is 2.91. The summed E-state index contributed by atoms with van der Waals surface area (Å²) in [5, 5.41) is 12.8. The number of carbonyl (C=O) groups is 1. The lowest BCUT2D eigenvalue weighted by molar-refractivity contribution is 0.0697. The zero-order valence-corrected chi connectivity index (χ0v) is 23.7. The number of fused-ring (bicyclic) bond motifs is 1. The van der Waals surface area contributed by atoms with Gasteiger partial charge in [-0.3, -0.25) is 0 Å². The van der Waals surface area contributed by atoms with Gasteiger partial charge in [0.05, 0.1) is 12.2 Å². The standard InChI is InChI=1S/C34H43NO3/c1-6-19-35-20-7-8-21-38-31-16-14-26(24-9-11-25(12-10-24)32(36)37)22-28(31)27-13-15-29-30(23-27)34(4,5)18-17-33(29,2)3/h9-16,22-23,35H,6-8,17-21H2,1-5H3,(H,36,37). The minimum absolute atomic E-state index is 0.123. The summed E-state index contributed by atoms with van der Waals surface area (Å²) >= 11 is 0. The van der Waals surface area contributed by atoms with E-state index in [4.69, 9.17) is 4.74 Å². The molecule has 202 valence electrons. The molecule has 0 aliphatic heterocycles. The molecule has 0 heterocycles. The summed E-state index contributed by atoms with van der Waals surface area (Å²) in [6, 6.07) is 20.4. The molecule has 0 amide bonds. The largest absolute Gasteiger partial charge is 0.493 e. The highest BCUT2D eigenvalue weighted by Crippen LogP contribution is 2.47. The molecule has 0 spiro atoms. The SMILES string of the molecule is CCCNCCCCOc1ccc(-c2ccc(C(=O)O)cc2)cc1-c1ccc2c(c1)C(C)(C)CCC2(C)C. The van der Waals surface area contributed by atoms with Gasteiger partial charge in [-0.15, -0.1) is 0 Å². The van der Waals surface area contributed by atoms with Crippen LogP contribution in [0.15, 0.2) is 60.7 Å². The van der Waals surface area contributed by atoms with E-state index in [2.05, 4.69) is 76.3 Å². The minimum atomic E-state index is -0.912. The van der Waals surface area contributed by atoms with E-state index in [1.165, 1.54) is 24.0 Å². The first-order chi connectivity index (χ1) is 18.1. The van der Waals surface area contributed by atoms with Crippen LogP contribution in [0, 0.1) is 0 Å². The van der Waals surface area contributed by atoms with Gasteiger partial charge in [0.1, 0.15) is 5.75 Å². The van der Waals surface area contributed by atoms with Crippen LogP contribution >= 0.6 is 0 Å². The Morgan fingerprint density at radius 1 is 0.816 bits per heavy atom. The lowest BCUT2D eigenvalue weighted by Crippen LogP contribution is -2.33. The maximum Gasteiger partial charge on any atom is 0.335 e. The highest BCUT2D eigenvalue weighted by molar-refractivity contribution is 5.88. The van der Waals surface area contributed by atoms with Gasteiger partial charge >= 0.3 is 5.97 Å². The van der Waals surface area contributed by atoms with Crippen molar-refractivity contribution >= 4 is 5.97 Å². The molecule has 3 aromatic carbocycles. The molecule has 4 heteroatoms. The van der Waals surface area contributed by atoms with Gasteiger partial charge in [-0.2, -0.15) is 0 Å². The second kappa shape index (κ2) is 11.7. The molecule has 1 aliphatic rings. The molecule has 0 unspecified atom stereocenters. The van der Waals surface area contributed by atoms with Crippen molar-refractivity contribution in [1.82, 2.24) is 5.32 Å². The number of aromatic carboxylic acids is 1. The van der Waals surface area contributed by atoms with Crippen LogP contribution in [0.4, 0.5) is 0 Å². The summed E-state index contributed by atoms with van der Waals surface area (Å²) < 4.78 is 6.37. The zero-order chi connectivity index (χ0) is 27.3. The Kier molecular flexibility index (Phi) is 8.62. The molecule has 1 aliphatic carbocycles. The predicted octanol–water partition coefficient (Wildman–Crippen LogP) is 8.23. The van der Waals surface area contributed by atoms with E-state index in [0.29, 0.717) is 12.2 Å². The van der Waals surface area contributed by atoms with Gasteiger partial charge in [-0.25, -0.2) is 4.79 Å². The molecule has 0 fully saturated rings. The highest BCUT2D eigenvalue weighted by Gasteiger charge is 2.37. The molecular formula is C34H43NO3. The van der Waals surface area contributed by atoms with Crippen LogP contribution in [0.5, 0.6) is 5.75 Å². The van der Waals surface area contributed by atoms with Crippen LogP contribution in [0.2, 0.25) is 0 Å². The van der Waals surface area contributed by atoms with Gasteiger partial charge in [0.2, 0.25) is 0 Å². The van der Waals surface area contributed by atoms with Crippen molar-refractivity contribution in [1.29, 1.82) is 0 Å². The van der Waals surface area contributed by atoms with E-state index in [1.54, 1.807) is 12.1 Å². The molecule has 4 rings (SSSR count). The fourth-order valence-electron chi connectivity index (χ4n) is 5.46. The van der Waals surface area contributed by atoms with Gasteiger partial charge < -0.3 is 15.2 Å². The molecule has 0 saturated carbocycles. The van der Waals surface area contributed by atoms with Crippen molar-refractivity contribution in [3.05, 3.63) is 77.4 Å². The van der Waals surface area contributed by atoms with Crippen LogP contribution in [0.25, 0.3) is 22.3 Å². The molecule has 3 aromatic rings. The number of carboxylic acids is 1. The number of hydrogen-bond acceptors (Lipinski definition) is 3. The number of benzene rings is 3. The van der Waals surface area contributed by atoms with Gasteiger partial charge in [-0.05, 0) is 108 Å². The molecule has 0 bridgehead atoms. The van der Waals surface area contributed by atoms with E-state index in [-0.39, 0.29) is 10.8 Å². The number of nitrogens with one attached hydrogen (secondary N) is 1. The molecule has 0 saturated heterocycles. The van der Waals surface area contributed by atoms with Crippen LogP contribution in [-0.4, -0.2) is 30.8 Å². The van der Waals surface area contributed by atoms with Crippen molar-refractivity contribution in [3.8, 4) is 28.0 Å². The Morgan fingerprint density at radius 3 is 2.16 bits per heavy atom. The second-order valence-electron chi connectivity index (χ2n) is 11.9. The van der Waals surface area contributed by atoms with E-state index < -0.39 is 5.97 Å². The number of carboxylic acid groups (broad SMARTS) is 1. The Labute approximate surface area is 228 Å². The molecular weight excluding hydrogens is 470 g/mol. The predicted molar refractivity (Wildman–Crippen MR) is 157 cm³/mol. The third-order valence-electron chi connectivity index (χ3n) is 8.04. The topological polar surface area (TPSA) is 58.6 Å². The monoisotopic (exact) mass is 513 g/mol. The minimum Gasteiger partial charge on any atom is -0.493 e. The van der Waals surface area contributed by atoms with Gasteiger partial charge in [-0.1, -0.05) is 71.0 Å². The first-order valence-corrected chi connectivity index (χ1v) is 14.1. The van der Waals surface area contributed by atoms with Crippen LogP contribution in [0.3, 0.4) is 0 Å². The molecule has 4 nitrogen and oxygen atoms in total. The second-order valence-corrected chi connectivity index (χ2v) is 11.9. The Morgan fingerprint density at radius 2 is 1.47 bits per heavy atom. The Hall–Kier alpha value is -3.11. The molecule has 38 heavy (non-hydrogen) atoms. The van der Waals surface area contributed by atoms with Crippen LogP contribution in [-0.2, 0) is 10.8 Å². The van der Waals surface area contributed by atoms with Gasteiger partial charge in [0.25, 0.3) is 0 Å². The van der Waals surface area contributed by atoms with E-state index in [0.717, 1.165) is 60.4 Å². The van der Waals surface area contributed by atoms with E-state index in [9.17, 15) is 9.90 Å². The van der Waals surface area contributed by atoms with E-state index in [1.807, 2.05) is 12.1 Å². The molecule has 0 atom stereocenters. The first kappa shape index (κ1) is 27.9. The molecule has 0 aromatic heterocycles. The maximum absolute atomic E-state index is 11.3. The van der Waals surface area contributed by atoms with Crippen LogP contribution in [0.1, 0.15) is 88.2 Å². The zero-order valence-electron chi connectivity index (χ0n) is 23.7. The summed E-state index contributed by atoms with van der Waals surface area (Å²) in [6.45, 7) is 14.4. The summed E-state index contributed by atoms with van der Waals surface area (Å²) in [7, 11) is 0. The maximum atomic E-state index is 11.3. The fraction of sp³-hybridized carbons (Fsp3) is 0.441. The number of hydrogen-bond donors (Lipinski definition) is 2. The average molecular weight is 514 g/mol. The summed E-state index contributed by atoms with van der Waals surface area (Å²) in [5.74, 6) is -0.0178. The summed E-state index contributed by atoms with van der Waals surface area (Å²) in [6.07, 6.45) is 5.60. The van der Waals surface area contributed by atoms with E-state index >= 15 is 0 Å². The van der Waals surface area contributed by atoms with Crippen molar-refractivity contribution in [2.75, 3.05) is 19.7 Å². The summed E-state index contributed by atoms with van der Waals surface area (Å²) in [5.41, 5.74) is 7.74. The normalized spacial score (nSPS) is 15.6. The number of unbranched alkanes of at least 4 members (excludes halogenated alkanes) is 1. The van der Waals surface area contributed by atoms with Gasteiger partial charge in [0.15, 0.2) is 0 Å². The lowest BCUT2D eigenvalue weighted by atomic mass is 9.63. The molecule has 2 N–H and O–H groups in total. The van der Waals surface area contributed by atoms with Crippen molar-refractivity contribution in [2.45, 2.75) is 77.6 Å². The fourth-order valence-corrected chi connectivity index (χ4v) is 5.46. The van der Waals surface area contributed by atoms with Crippen molar-refractivity contribution in [3.63, 3.8) is 0 Å². The lowest BCUT2D eigenvalue weighted by Gasteiger charge is -2.42. The highest BCUT2D eigenvalue weighted by atomic mass is 16.5. The Bertz CT molecular complexity index is 1260. The smallest absolute Gasteiger partial charge is 0.335 e. The quantitative estimate of drug-likeness (QED) is 0.254. The first-order valence-electron chi connectivity index (χ1n) is 14.1. The van der Waals surface area contributed by atoms with Crippen molar-refractivity contribution < 1.29 is 14.6 Å². The van der Waals surface area contributed by atoms with Crippen molar-refractivity contribution in [2.24, 2.45) is 0 Å².